The molecule has 2 atom stereocenters. The van der Waals surface area contributed by atoms with Crippen molar-refractivity contribution in [3.8, 4) is 0 Å². The molecule has 1 aliphatic rings. The predicted molar refractivity (Wildman–Crippen MR) is 95.1 cm³/mol. The van der Waals surface area contributed by atoms with Gasteiger partial charge in [0.2, 0.25) is 5.91 Å². The second-order valence-corrected chi connectivity index (χ2v) is 7.21. The van der Waals surface area contributed by atoms with Crippen molar-refractivity contribution < 1.29 is 14.0 Å². The smallest absolute Gasteiger partial charge is 0.257 e. The first-order valence-corrected chi connectivity index (χ1v) is 8.94. The molecule has 0 bridgehead atoms. The molecule has 1 fully saturated rings. The molecule has 8 nitrogen and oxygen atoms in total. The molecule has 0 saturated carbocycles. The van der Waals surface area contributed by atoms with Gasteiger partial charge in [0, 0.05) is 25.2 Å². The van der Waals surface area contributed by atoms with Gasteiger partial charge in [-0.05, 0) is 25.3 Å². The number of nitrogens with zero attached hydrogens (tertiary/aromatic N) is 4. The predicted octanol–water partition coefficient (Wildman–Crippen LogP) is 1.77. The summed E-state index contributed by atoms with van der Waals surface area (Å²) in [7, 11) is 0. The lowest BCUT2D eigenvalue weighted by Crippen LogP contribution is -2.39. The van der Waals surface area contributed by atoms with Crippen LogP contribution in [0.3, 0.4) is 0 Å². The Morgan fingerprint density at radius 2 is 2.22 bits per heavy atom. The number of aromatic amines is 1. The minimum atomic E-state index is -0.681. The minimum absolute atomic E-state index is 0.0589. The summed E-state index contributed by atoms with van der Waals surface area (Å²) in [6, 6.07) is 0.663. The number of pyridine rings is 1. The van der Waals surface area contributed by atoms with E-state index in [9.17, 15) is 14.0 Å². The second-order valence-electron chi connectivity index (χ2n) is 7.21. The third-order valence-electron chi connectivity index (χ3n) is 4.44. The highest BCUT2D eigenvalue weighted by Gasteiger charge is 2.40. The first-order valence-electron chi connectivity index (χ1n) is 8.94. The van der Waals surface area contributed by atoms with Crippen LogP contribution in [-0.2, 0) is 4.79 Å². The fraction of sp³-hybridized carbons (Fsp3) is 0.500. The van der Waals surface area contributed by atoms with Crippen LogP contribution in [0.4, 0.5) is 4.39 Å². The fourth-order valence-electron chi connectivity index (χ4n) is 3.28. The fourth-order valence-corrected chi connectivity index (χ4v) is 3.28. The van der Waals surface area contributed by atoms with E-state index in [1.54, 1.807) is 6.92 Å². The SMILES string of the molecule is Cc1nc([C@@H]2C[C@H](NC(=O)CC(C)C)CN2C(=O)c2ccncc2F)n[nH]1. The van der Waals surface area contributed by atoms with Crippen molar-refractivity contribution in [1.29, 1.82) is 0 Å². The number of hydrogen-bond acceptors (Lipinski definition) is 5. The Labute approximate surface area is 156 Å². The van der Waals surface area contributed by atoms with Crippen LogP contribution in [0.15, 0.2) is 18.5 Å². The molecule has 2 aromatic rings. The van der Waals surface area contributed by atoms with Gasteiger partial charge in [0.1, 0.15) is 5.82 Å². The summed E-state index contributed by atoms with van der Waals surface area (Å²) in [5, 5.41) is 9.89. The van der Waals surface area contributed by atoms with Crippen LogP contribution in [0.5, 0.6) is 0 Å². The summed E-state index contributed by atoms with van der Waals surface area (Å²) in [5.74, 6) is 0.101. The molecule has 2 N–H and O–H groups in total. The number of carbonyl (C=O) groups is 2. The van der Waals surface area contributed by atoms with E-state index < -0.39 is 17.8 Å². The van der Waals surface area contributed by atoms with Crippen LogP contribution in [0, 0.1) is 18.7 Å². The third kappa shape index (κ3) is 4.29. The molecule has 2 aromatic heterocycles. The number of amides is 2. The number of carbonyl (C=O) groups excluding carboxylic acids is 2. The molecule has 0 aromatic carbocycles. The summed E-state index contributed by atoms with van der Waals surface area (Å²) >= 11 is 0. The molecule has 144 valence electrons. The van der Waals surface area contributed by atoms with Gasteiger partial charge in [-0.3, -0.25) is 19.7 Å². The van der Waals surface area contributed by atoms with Crippen molar-refractivity contribution in [3.05, 3.63) is 41.5 Å². The van der Waals surface area contributed by atoms with Crippen molar-refractivity contribution in [2.75, 3.05) is 6.54 Å². The zero-order chi connectivity index (χ0) is 19.6. The molecule has 3 heterocycles. The Kier molecular flexibility index (Phi) is 5.48. The van der Waals surface area contributed by atoms with Gasteiger partial charge in [-0.2, -0.15) is 5.10 Å². The minimum Gasteiger partial charge on any atom is -0.351 e. The molecular weight excluding hydrogens is 351 g/mol. The summed E-state index contributed by atoms with van der Waals surface area (Å²) in [6.45, 7) is 5.97. The Hall–Kier alpha value is -2.84. The zero-order valence-electron chi connectivity index (χ0n) is 15.6. The van der Waals surface area contributed by atoms with E-state index >= 15 is 0 Å². The van der Waals surface area contributed by atoms with E-state index in [1.807, 2.05) is 13.8 Å². The van der Waals surface area contributed by atoms with Gasteiger partial charge in [0.25, 0.3) is 5.91 Å². The van der Waals surface area contributed by atoms with E-state index in [4.69, 9.17) is 0 Å². The van der Waals surface area contributed by atoms with Crippen molar-refractivity contribution in [3.63, 3.8) is 0 Å². The number of halogens is 1. The van der Waals surface area contributed by atoms with Gasteiger partial charge < -0.3 is 10.2 Å². The van der Waals surface area contributed by atoms with E-state index in [0.29, 0.717) is 24.5 Å². The first kappa shape index (κ1) is 18.9. The average Bonchev–Trinajstić information content (AvgIpc) is 3.20. The molecule has 9 heteroatoms. The number of H-pyrrole nitrogens is 1. The number of likely N-dealkylation sites (tertiary alicyclic amines) is 1. The molecule has 0 spiro atoms. The van der Waals surface area contributed by atoms with Crippen LogP contribution in [0.25, 0.3) is 0 Å². The Morgan fingerprint density at radius 3 is 2.85 bits per heavy atom. The lowest BCUT2D eigenvalue weighted by molar-refractivity contribution is -0.122. The van der Waals surface area contributed by atoms with Crippen LogP contribution < -0.4 is 5.32 Å². The Morgan fingerprint density at radius 1 is 1.44 bits per heavy atom. The van der Waals surface area contributed by atoms with E-state index in [-0.39, 0.29) is 30.0 Å². The van der Waals surface area contributed by atoms with E-state index in [0.717, 1.165) is 6.20 Å². The van der Waals surface area contributed by atoms with Crippen molar-refractivity contribution in [1.82, 2.24) is 30.4 Å². The van der Waals surface area contributed by atoms with Crippen molar-refractivity contribution in [2.45, 2.75) is 45.7 Å². The van der Waals surface area contributed by atoms with Crippen molar-refractivity contribution >= 4 is 11.8 Å². The van der Waals surface area contributed by atoms with Gasteiger partial charge in [0.05, 0.1) is 17.8 Å². The molecular formula is C18H23FN6O2. The topological polar surface area (TPSA) is 104 Å². The highest BCUT2D eigenvalue weighted by molar-refractivity contribution is 5.95. The summed E-state index contributed by atoms with van der Waals surface area (Å²) < 4.78 is 14.1. The number of aromatic nitrogens is 4. The van der Waals surface area contributed by atoms with Crippen LogP contribution in [0.2, 0.25) is 0 Å². The van der Waals surface area contributed by atoms with Gasteiger partial charge in [0.15, 0.2) is 11.6 Å². The Bertz CT molecular complexity index is 837. The average molecular weight is 374 g/mol. The van der Waals surface area contributed by atoms with Crippen LogP contribution in [-0.4, -0.2) is 49.5 Å². The maximum absolute atomic E-state index is 14.1. The lowest BCUT2D eigenvalue weighted by Gasteiger charge is -2.22. The summed E-state index contributed by atoms with van der Waals surface area (Å²) in [6.07, 6.45) is 3.27. The summed E-state index contributed by atoms with van der Waals surface area (Å²) in [5.41, 5.74) is -0.0589. The monoisotopic (exact) mass is 374 g/mol. The summed E-state index contributed by atoms with van der Waals surface area (Å²) in [4.78, 5) is 34.6. The molecule has 0 aliphatic carbocycles. The van der Waals surface area contributed by atoms with Gasteiger partial charge in [-0.15, -0.1) is 0 Å². The van der Waals surface area contributed by atoms with E-state index in [1.165, 1.54) is 17.2 Å². The number of hydrogen-bond donors (Lipinski definition) is 2. The normalized spacial score (nSPS) is 19.5. The first-order chi connectivity index (χ1) is 12.8. The van der Waals surface area contributed by atoms with Crippen molar-refractivity contribution in [2.24, 2.45) is 5.92 Å². The Balaban J connectivity index is 1.83. The number of aryl methyl sites for hydroxylation is 1. The second kappa shape index (κ2) is 7.81. The van der Waals surface area contributed by atoms with Gasteiger partial charge in [-0.1, -0.05) is 13.8 Å². The van der Waals surface area contributed by atoms with Gasteiger partial charge in [-0.25, -0.2) is 9.37 Å². The molecule has 0 unspecified atom stereocenters. The molecule has 0 radical (unpaired) electrons. The molecule has 2 amide bonds. The van der Waals surface area contributed by atoms with E-state index in [2.05, 4.69) is 25.5 Å². The molecule has 3 rings (SSSR count). The zero-order valence-corrected chi connectivity index (χ0v) is 15.6. The maximum atomic E-state index is 14.1. The standard InChI is InChI=1S/C18H23FN6O2/c1-10(2)6-16(26)22-12-7-15(17-21-11(3)23-24-17)25(9-12)18(27)13-4-5-20-8-14(13)19/h4-5,8,10,12,15H,6-7,9H2,1-3H3,(H,22,26)(H,21,23,24)/t12-,15-/m0/s1. The maximum Gasteiger partial charge on any atom is 0.257 e. The number of nitrogens with one attached hydrogen (secondary N) is 2. The highest BCUT2D eigenvalue weighted by atomic mass is 19.1. The highest BCUT2D eigenvalue weighted by Crippen LogP contribution is 2.32. The molecule has 27 heavy (non-hydrogen) atoms. The number of rotatable bonds is 5. The lowest BCUT2D eigenvalue weighted by atomic mass is 10.1. The van der Waals surface area contributed by atoms with Gasteiger partial charge >= 0.3 is 0 Å². The van der Waals surface area contributed by atoms with Crippen LogP contribution >= 0.6 is 0 Å². The van der Waals surface area contributed by atoms with Crippen LogP contribution in [0.1, 0.15) is 54.7 Å². The molecule has 1 saturated heterocycles. The quantitative estimate of drug-likeness (QED) is 0.830. The third-order valence-corrected chi connectivity index (χ3v) is 4.44. The largest absolute Gasteiger partial charge is 0.351 e. The molecule has 1 aliphatic heterocycles.